The third-order valence-corrected chi connectivity index (χ3v) is 4.25. The number of halogens is 4. The van der Waals surface area contributed by atoms with E-state index in [1.54, 1.807) is 18.3 Å². The van der Waals surface area contributed by atoms with Gasteiger partial charge in [-0.3, -0.25) is 4.79 Å². The van der Waals surface area contributed by atoms with Crippen LogP contribution in [0.25, 0.3) is 0 Å². The summed E-state index contributed by atoms with van der Waals surface area (Å²) < 4.78 is 37.6. The first kappa shape index (κ1) is 18.2. The van der Waals surface area contributed by atoms with Gasteiger partial charge in [0.15, 0.2) is 10.9 Å². The van der Waals surface area contributed by atoms with Crippen LogP contribution in [0.2, 0.25) is 5.02 Å². The molecule has 0 spiro atoms. The van der Waals surface area contributed by atoms with Gasteiger partial charge in [-0.05, 0) is 36.4 Å². The summed E-state index contributed by atoms with van der Waals surface area (Å²) in [5.74, 6) is -0.139. The molecule has 3 rings (SSSR count). The Morgan fingerprint density at radius 1 is 1.15 bits per heavy atom. The van der Waals surface area contributed by atoms with Crippen LogP contribution in [0.15, 0.2) is 48.0 Å². The van der Waals surface area contributed by atoms with E-state index < -0.39 is 17.6 Å². The van der Waals surface area contributed by atoms with Crippen molar-refractivity contribution in [1.29, 1.82) is 0 Å². The number of hydrogen-bond donors (Lipinski definition) is 2. The van der Waals surface area contributed by atoms with E-state index >= 15 is 0 Å². The van der Waals surface area contributed by atoms with Crippen LogP contribution in [0.5, 0.6) is 0 Å². The van der Waals surface area contributed by atoms with Gasteiger partial charge < -0.3 is 10.6 Å². The molecule has 5 nitrogen and oxygen atoms in total. The number of alkyl halides is 3. The van der Waals surface area contributed by atoms with Gasteiger partial charge in [0.1, 0.15) is 5.69 Å². The third kappa shape index (κ3) is 4.30. The van der Waals surface area contributed by atoms with Crippen LogP contribution in [0, 0.1) is 0 Å². The van der Waals surface area contributed by atoms with Crippen LogP contribution in [0.4, 0.5) is 29.8 Å². The Morgan fingerprint density at radius 2 is 1.88 bits per heavy atom. The number of pyridine rings is 1. The lowest BCUT2D eigenvalue weighted by Gasteiger charge is -2.08. The van der Waals surface area contributed by atoms with Gasteiger partial charge in [-0.15, -0.1) is 11.3 Å². The summed E-state index contributed by atoms with van der Waals surface area (Å²) in [7, 11) is 0. The minimum Gasteiger partial charge on any atom is -0.321 e. The first-order valence-electron chi connectivity index (χ1n) is 7.14. The molecule has 0 bridgehead atoms. The number of benzene rings is 1. The maximum absolute atomic E-state index is 12.5. The lowest BCUT2D eigenvalue weighted by Crippen LogP contribution is -2.13. The topological polar surface area (TPSA) is 66.9 Å². The molecule has 0 unspecified atom stereocenters. The van der Waals surface area contributed by atoms with Crippen molar-refractivity contribution in [3.05, 3.63) is 64.3 Å². The van der Waals surface area contributed by atoms with E-state index in [9.17, 15) is 18.0 Å². The number of aromatic nitrogens is 2. The molecule has 26 heavy (non-hydrogen) atoms. The number of thiazole rings is 1. The second kappa shape index (κ2) is 7.30. The number of carbonyl (C=O) groups is 1. The largest absolute Gasteiger partial charge is 0.416 e. The van der Waals surface area contributed by atoms with Crippen LogP contribution in [0.3, 0.4) is 0 Å². The van der Waals surface area contributed by atoms with Crippen LogP contribution in [0.1, 0.15) is 16.1 Å². The van der Waals surface area contributed by atoms with Gasteiger partial charge in [-0.25, -0.2) is 9.97 Å². The Kier molecular flexibility index (Phi) is 5.10. The fraction of sp³-hybridized carbons (Fsp3) is 0.0625. The van der Waals surface area contributed by atoms with Crippen molar-refractivity contribution in [2.75, 3.05) is 10.6 Å². The summed E-state index contributed by atoms with van der Waals surface area (Å²) in [6.45, 7) is 0. The Hall–Kier alpha value is -2.65. The molecule has 0 saturated carbocycles. The summed E-state index contributed by atoms with van der Waals surface area (Å²) in [5, 5.41) is 7.71. The average Bonchev–Trinajstić information content (AvgIpc) is 3.05. The molecule has 134 valence electrons. The highest BCUT2D eigenvalue weighted by Crippen LogP contribution is 2.30. The number of anilines is 3. The average molecular weight is 399 g/mol. The fourth-order valence-electron chi connectivity index (χ4n) is 1.95. The molecule has 3 aromatic rings. The van der Waals surface area contributed by atoms with Crippen molar-refractivity contribution in [1.82, 2.24) is 9.97 Å². The smallest absolute Gasteiger partial charge is 0.321 e. The van der Waals surface area contributed by atoms with Gasteiger partial charge in [0, 0.05) is 17.3 Å². The van der Waals surface area contributed by atoms with Gasteiger partial charge >= 0.3 is 6.18 Å². The molecule has 0 atom stereocenters. The molecular formula is C16H10ClF3N4OS. The number of rotatable bonds is 4. The van der Waals surface area contributed by atoms with Crippen molar-refractivity contribution in [3.8, 4) is 0 Å². The van der Waals surface area contributed by atoms with Crippen LogP contribution in [-0.2, 0) is 6.18 Å². The van der Waals surface area contributed by atoms with E-state index in [1.807, 2.05) is 0 Å². The molecule has 1 aromatic carbocycles. The Labute approximate surface area is 154 Å². The van der Waals surface area contributed by atoms with Crippen molar-refractivity contribution in [2.45, 2.75) is 6.18 Å². The van der Waals surface area contributed by atoms with Crippen molar-refractivity contribution in [3.63, 3.8) is 0 Å². The van der Waals surface area contributed by atoms with Gasteiger partial charge in [0.2, 0.25) is 0 Å². The molecule has 0 fully saturated rings. The zero-order valence-electron chi connectivity index (χ0n) is 12.8. The molecular weight excluding hydrogens is 389 g/mol. The first-order valence-corrected chi connectivity index (χ1v) is 8.40. The van der Waals surface area contributed by atoms with Crippen LogP contribution in [-0.4, -0.2) is 15.9 Å². The quantitative estimate of drug-likeness (QED) is 0.633. The second-order valence-corrected chi connectivity index (χ2v) is 6.29. The molecule has 0 aliphatic rings. The zero-order chi connectivity index (χ0) is 18.7. The number of amides is 1. The number of nitrogens with zero attached hydrogens (tertiary/aromatic N) is 2. The van der Waals surface area contributed by atoms with Crippen molar-refractivity contribution >= 4 is 45.5 Å². The summed E-state index contributed by atoms with van der Waals surface area (Å²) >= 11 is 7.16. The molecule has 2 N–H and O–H groups in total. The normalized spacial score (nSPS) is 11.2. The van der Waals surface area contributed by atoms with E-state index in [0.29, 0.717) is 16.0 Å². The van der Waals surface area contributed by atoms with E-state index in [0.717, 1.165) is 12.1 Å². The molecule has 0 saturated heterocycles. The fourth-order valence-corrected chi connectivity index (χ4v) is 2.81. The maximum Gasteiger partial charge on any atom is 0.416 e. The number of nitrogens with one attached hydrogen (secondary N) is 2. The SMILES string of the molecule is O=C(Nc1ccc(C(F)(F)F)cc1)c1csc(Nc2ncccc2Cl)n1. The lowest BCUT2D eigenvalue weighted by molar-refractivity contribution is -0.137. The van der Waals surface area contributed by atoms with E-state index in [-0.39, 0.29) is 11.4 Å². The van der Waals surface area contributed by atoms with E-state index in [4.69, 9.17) is 11.6 Å². The van der Waals surface area contributed by atoms with Gasteiger partial charge in [-0.2, -0.15) is 13.2 Å². The first-order chi connectivity index (χ1) is 12.3. The molecule has 1 amide bonds. The Balaban J connectivity index is 1.67. The molecule has 0 radical (unpaired) electrons. The maximum atomic E-state index is 12.5. The Morgan fingerprint density at radius 3 is 2.54 bits per heavy atom. The number of hydrogen-bond acceptors (Lipinski definition) is 5. The number of carbonyl (C=O) groups excluding carboxylic acids is 1. The highest BCUT2D eigenvalue weighted by molar-refractivity contribution is 7.14. The predicted molar refractivity (Wildman–Crippen MR) is 94.0 cm³/mol. The van der Waals surface area contributed by atoms with Gasteiger partial charge in [0.05, 0.1) is 10.6 Å². The summed E-state index contributed by atoms with van der Waals surface area (Å²) in [6, 6.07) is 7.49. The summed E-state index contributed by atoms with van der Waals surface area (Å²) in [5.41, 5.74) is -0.439. The van der Waals surface area contributed by atoms with E-state index in [2.05, 4.69) is 20.6 Å². The van der Waals surface area contributed by atoms with Crippen molar-refractivity contribution in [2.24, 2.45) is 0 Å². The molecule has 2 heterocycles. The highest BCUT2D eigenvalue weighted by atomic mass is 35.5. The Bertz CT molecular complexity index is 928. The van der Waals surface area contributed by atoms with Crippen LogP contribution < -0.4 is 10.6 Å². The van der Waals surface area contributed by atoms with Crippen LogP contribution >= 0.6 is 22.9 Å². The monoisotopic (exact) mass is 398 g/mol. The van der Waals surface area contributed by atoms with Crippen molar-refractivity contribution < 1.29 is 18.0 Å². The van der Waals surface area contributed by atoms with Gasteiger partial charge in [0.25, 0.3) is 5.91 Å². The highest BCUT2D eigenvalue weighted by Gasteiger charge is 2.30. The minimum absolute atomic E-state index is 0.115. The van der Waals surface area contributed by atoms with Gasteiger partial charge in [-0.1, -0.05) is 11.6 Å². The second-order valence-electron chi connectivity index (χ2n) is 5.03. The standard InChI is InChI=1S/C16H10ClF3N4OS/c17-11-2-1-7-21-13(11)24-15-23-12(8-26-15)14(25)22-10-5-3-9(4-6-10)16(18,19)20/h1-8H,(H,22,25)(H,21,23,24). The molecule has 10 heteroatoms. The summed E-state index contributed by atoms with van der Waals surface area (Å²) in [6.07, 6.45) is -2.87. The lowest BCUT2D eigenvalue weighted by atomic mass is 10.2. The molecule has 0 aliphatic heterocycles. The third-order valence-electron chi connectivity index (χ3n) is 3.19. The minimum atomic E-state index is -4.43. The molecule has 0 aliphatic carbocycles. The zero-order valence-corrected chi connectivity index (χ0v) is 14.4. The molecule has 2 aromatic heterocycles. The van der Waals surface area contributed by atoms with E-state index in [1.165, 1.54) is 28.8 Å². The predicted octanol–water partition coefficient (Wildman–Crippen LogP) is 5.21. The summed E-state index contributed by atoms with van der Waals surface area (Å²) in [4.78, 5) is 20.3.